The number of sulfone groups is 1. The molecule has 8 nitrogen and oxygen atoms in total. The van der Waals surface area contributed by atoms with Crippen LogP contribution in [0.5, 0.6) is 5.75 Å². The molecule has 2 aromatic heterocycles. The fraction of sp³-hybridized carbons (Fsp3) is 0.375. The van der Waals surface area contributed by atoms with Crippen LogP contribution in [-0.4, -0.2) is 48.4 Å². The molecule has 3 heterocycles. The van der Waals surface area contributed by atoms with Crippen LogP contribution in [0, 0.1) is 0 Å². The first-order chi connectivity index (χ1) is 16.3. The molecule has 1 saturated carbocycles. The number of aromatic nitrogens is 3. The van der Waals surface area contributed by atoms with E-state index in [9.17, 15) is 13.2 Å². The highest BCUT2D eigenvalue weighted by Crippen LogP contribution is 2.39. The van der Waals surface area contributed by atoms with Gasteiger partial charge in [0.25, 0.3) is 5.56 Å². The van der Waals surface area contributed by atoms with Crippen LogP contribution in [0.2, 0.25) is 5.02 Å². The first kappa shape index (κ1) is 22.9. The van der Waals surface area contributed by atoms with Crippen LogP contribution in [0.25, 0.3) is 5.69 Å². The standard InChI is InChI=1S/C24H25ClN4O4S/c1-34(31,32)20-4-5-22(21(25)13-20)29-11-8-19(12-23(29)30)33-18-6-9-28(10-7-18)24-26-14-17(15-27-24)16-2-3-16/h4-5,8,11-16,18H,2-3,6-7,9-10H2,1H3. The smallest absolute Gasteiger partial charge is 0.258 e. The fourth-order valence-corrected chi connectivity index (χ4v) is 5.12. The molecule has 0 unspecified atom stereocenters. The molecule has 0 radical (unpaired) electrons. The lowest BCUT2D eigenvalue weighted by Crippen LogP contribution is -2.39. The molecule has 178 valence electrons. The van der Waals surface area contributed by atoms with Crippen molar-refractivity contribution in [3.8, 4) is 11.4 Å². The van der Waals surface area contributed by atoms with Gasteiger partial charge >= 0.3 is 0 Å². The molecular weight excluding hydrogens is 476 g/mol. The normalized spacial score (nSPS) is 17.1. The van der Waals surface area contributed by atoms with Gasteiger partial charge in [-0.05, 0) is 48.6 Å². The Morgan fingerprint density at radius 3 is 2.32 bits per heavy atom. The number of benzene rings is 1. The molecule has 2 aliphatic rings. The van der Waals surface area contributed by atoms with Crippen molar-refractivity contribution in [1.29, 1.82) is 0 Å². The SMILES string of the molecule is CS(=O)(=O)c1ccc(-n2ccc(OC3CCN(c4ncc(C5CC5)cn4)CC3)cc2=O)c(Cl)c1. The molecule has 0 amide bonds. The Morgan fingerprint density at radius 2 is 1.74 bits per heavy atom. The number of pyridine rings is 1. The average molecular weight is 501 g/mol. The minimum absolute atomic E-state index is 0.00475. The lowest BCUT2D eigenvalue weighted by atomic mass is 10.1. The van der Waals surface area contributed by atoms with Gasteiger partial charge in [-0.2, -0.15) is 0 Å². The maximum absolute atomic E-state index is 12.7. The van der Waals surface area contributed by atoms with Gasteiger partial charge < -0.3 is 9.64 Å². The van der Waals surface area contributed by atoms with Crippen molar-refractivity contribution in [3.05, 3.63) is 69.9 Å². The predicted octanol–water partition coefficient (Wildman–Crippen LogP) is 3.61. The second-order valence-electron chi connectivity index (χ2n) is 8.85. The van der Waals surface area contributed by atoms with Gasteiger partial charge in [-0.3, -0.25) is 9.36 Å². The van der Waals surface area contributed by atoms with Crippen molar-refractivity contribution in [3.63, 3.8) is 0 Å². The molecule has 0 atom stereocenters. The largest absolute Gasteiger partial charge is 0.490 e. The van der Waals surface area contributed by atoms with Crippen LogP contribution in [0.15, 0.2) is 58.6 Å². The molecular formula is C24H25ClN4O4S. The molecule has 0 N–H and O–H groups in total. The Labute approximate surface area is 203 Å². The highest BCUT2D eigenvalue weighted by Gasteiger charge is 2.26. The van der Waals surface area contributed by atoms with E-state index in [4.69, 9.17) is 16.3 Å². The molecule has 34 heavy (non-hydrogen) atoms. The van der Waals surface area contributed by atoms with Crippen LogP contribution < -0.4 is 15.2 Å². The summed E-state index contributed by atoms with van der Waals surface area (Å²) in [5, 5.41) is 0.179. The summed E-state index contributed by atoms with van der Waals surface area (Å²) in [6.07, 6.45) is 10.6. The van der Waals surface area contributed by atoms with Crippen LogP contribution in [0.4, 0.5) is 5.95 Å². The predicted molar refractivity (Wildman–Crippen MR) is 130 cm³/mol. The van der Waals surface area contributed by atoms with Gasteiger partial charge in [0, 0.05) is 56.8 Å². The maximum atomic E-state index is 12.7. The van der Waals surface area contributed by atoms with Crippen molar-refractivity contribution in [1.82, 2.24) is 14.5 Å². The number of anilines is 1. The molecule has 1 aliphatic carbocycles. The molecule has 1 aliphatic heterocycles. The van der Waals surface area contributed by atoms with Crippen molar-refractivity contribution < 1.29 is 13.2 Å². The zero-order chi connectivity index (χ0) is 23.9. The van der Waals surface area contributed by atoms with Crippen LogP contribution in [0.3, 0.4) is 0 Å². The van der Waals surface area contributed by atoms with Crippen molar-refractivity contribution >= 4 is 27.4 Å². The molecule has 10 heteroatoms. The lowest BCUT2D eigenvalue weighted by molar-refractivity contribution is 0.170. The number of ether oxygens (including phenoxy) is 1. The Balaban J connectivity index is 1.22. The Bertz CT molecular complexity index is 1360. The highest BCUT2D eigenvalue weighted by molar-refractivity contribution is 7.90. The molecule has 1 saturated heterocycles. The van der Waals surface area contributed by atoms with Gasteiger partial charge in [-0.15, -0.1) is 0 Å². The van der Waals surface area contributed by atoms with E-state index in [-0.39, 0.29) is 21.6 Å². The summed E-state index contributed by atoms with van der Waals surface area (Å²) in [7, 11) is -3.39. The number of rotatable bonds is 6. The number of halogens is 1. The third-order valence-corrected chi connectivity index (χ3v) is 7.65. The number of hydrogen-bond acceptors (Lipinski definition) is 7. The number of piperidine rings is 1. The Morgan fingerprint density at radius 1 is 1.03 bits per heavy atom. The molecule has 5 rings (SSSR count). The number of hydrogen-bond donors (Lipinski definition) is 0. The van der Waals surface area contributed by atoms with E-state index in [0.29, 0.717) is 17.4 Å². The Kier molecular flexibility index (Phi) is 6.07. The summed E-state index contributed by atoms with van der Waals surface area (Å²) in [6, 6.07) is 7.45. The molecule has 1 aromatic carbocycles. The first-order valence-corrected chi connectivity index (χ1v) is 13.5. The van der Waals surface area contributed by atoms with Gasteiger partial charge in [0.05, 0.1) is 15.6 Å². The van der Waals surface area contributed by atoms with E-state index in [1.807, 2.05) is 12.4 Å². The quantitative estimate of drug-likeness (QED) is 0.510. The van der Waals surface area contributed by atoms with Crippen LogP contribution in [-0.2, 0) is 9.84 Å². The molecule has 0 spiro atoms. The minimum atomic E-state index is -3.39. The first-order valence-electron chi connectivity index (χ1n) is 11.2. The topological polar surface area (TPSA) is 94.4 Å². The zero-order valence-electron chi connectivity index (χ0n) is 18.7. The van der Waals surface area contributed by atoms with E-state index in [1.165, 1.54) is 47.2 Å². The monoisotopic (exact) mass is 500 g/mol. The highest BCUT2D eigenvalue weighted by atomic mass is 35.5. The minimum Gasteiger partial charge on any atom is -0.490 e. The third kappa shape index (κ3) is 4.95. The van der Waals surface area contributed by atoms with Gasteiger partial charge in [-0.25, -0.2) is 18.4 Å². The summed E-state index contributed by atoms with van der Waals surface area (Å²) in [6.45, 7) is 1.57. The van der Waals surface area contributed by atoms with E-state index >= 15 is 0 Å². The fourth-order valence-electron chi connectivity index (χ4n) is 4.13. The van der Waals surface area contributed by atoms with Crippen molar-refractivity contribution in [2.75, 3.05) is 24.2 Å². The van der Waals surface area contributed by atoms with E-state index in [1.54, 1.807) is 12.3 Å². The lowest BCUT2D eigenvalue weighted by Gasteiger charge is -2.32. The summed E-state index contributed by atoms with van der Waals surface area (Å²) >= 11 is 6.26. The second-order valence-corrected chi connectivity index (χ2v) is 11.3. The van der Waals surface area contributed by atoms with E-state index < -0.39 is 9.84 Å². The molecule has 3 aromatic rings. The summed E-state index contributed by atoms with van der Waals surface area (Å²) in [4.78, 5) is 24.0. The molecule has 2 fully saturated rings. The third-order valence-electron chi connectivity index (χ3n) is 6.23. The number of nitrogens with zero attached hydrogens (tertiary/aromatic N) is 4. The zero-order valence-corrected chi connectivity index (χ0v) is 20.3. The second kappa shape index (κ2) is 9.03. The summed E-state index contributed by atoms with van der Waals surface area (Å²) in [5.41, 5.74) is 1.32. The van der Waals surface area contributed by atoms with E-state index in [2.05, 4.69) is 14.9 Å². The van der Waals surface area contributed by atoms with Gasteiger partial charge in [-0.1, -0.05) is 11.6 Å². The maximum Gasteiger partial charge on any atom is 0.258 e. The molecule has 0 bridgehead atoms. The van der Waals surface area contributed by atoms with Gasteiger partial charge in [0.2, 0.25) is 5.95 Å². The van der Waals surface area contributed by atoms with Crippen molar-refractivity contribution in [2.24, 2.45) is 0 Å². The summed E-state index contributed by atoms with van der Waals surface area (Å²) in [5.74, 6) is 1.89. The Hall–Kier alpha value is -2.91. The van der Waals surface area contributed by atoms with Crippen molar-refractivity contribution in [2.45, 2.75) is 42.6 Å². The van der Waals surface area contributed by atoms with Crippen LogP contribution in [0.1, 0.15) is 37.2 Å². The van der Waals surface area contributed by atoms with E-state index in [0.717, 1.165) is 38.1 Å². The summed E-state index contributed by atoms with van der Waals surface area (Å²) < 4.78 is 30.9. The average Bonchev–Trinajstić information content (AvgIpc) is 3.65. The van der Waals surface area contributed by atoms with Crippen LogP contribution >= 0.6 is 11.6 Å². The van der Waals surface area contributed by atoms with Gasteiger partial charge in [0.15, 0.2) is 9.84 Å². The van der Waals surface area contributed by atoms with Gasteiger partial charge in [0.1, 0.15) is 11.9 Å².